The summed E-state index contributed by atoms with van der Waals surface area (Å²) in [5.41, 5.74) is 7.90. The van der Waals surface area contributed by atoms with E-state index in [-0.39, 0.29) is 0 Å². The molecule has 2 nitrogen and oxygen atoms in total. The molecule has 0 aliphatic heterocycles. The molecule has 32 heavy (non-hydrogen) atoms. The van der Waals surface area contributed by atoms with Crippen LogP contribution in [-0.4, -0.2) is 0 Å². The van der Waals surface area contributed by atoms with Gasteiger partial charge < -0.3 is 10.2 Å². The number of nitrogens with zero attached hydrogens (tertiary/aromatic N) is 1. The van der Waals surface area contributed by atoms with Crippen molar-refractivity contribution >= 4 is 28.4 Å². The van der Waals surface area contributed by atoms with Gasteiger partial charge in [0, 0.05) is 28.4 Å². The zero-order valence-corrected chi connectivity index (χ0v) is 17.7. The maximum Gasteiger partial charge on any atom is 0.0482 e. The van der Waals surface area contributed by atoms with Crippen LogP contribution in [0.5, 0.6) is 0 Å². The summed E-state index contributed by atoms with van der Waals surface area (Å²) in [7, 11) is 0. The number of anilines is 5. The van der Waals surface area contributed by atoms with Crippen molar-refractivity contribution in [2.45, 2.75) is 0 Å². The molecule has 0 amide bonds. The van der Waals surface area contributed by atoms with E-state index in [0.717, 1.165) is 28.4 Å². The molecule has 0 atom stereocenters. The molecule has 0 saturated heterocycles. The SMILES string of the molecule is c1ccc(Nc2cccc(N(c3ccccc3)c3ccc(-c4ccccc4)cc3)c2)cc1. The van der Waals surface area contributed by atoms with E-state index < -0.39 is 0 Å². The first-order valence-electron chi connectivity index (χ1n) is 10.8. The highest BCUT2D eigenvalue weighted by Gasteiger charge is 2.13. The van der Waals surface area contributed by atoms with Crippen molar-refractivity contribution in [3.63, 3.8) is 0 Å². The van der Waals surface area contributed by atoms with Gasteiger partial charge in [-0.1, -0.05) is 84.9 Å². The fourth-order valence-corrected chi connectivity index (χ4v) is 3.87. The van der Waals surface area contributed by atoms with Gasteiger partial charge >= 0.3 is 0 Å². The van der Waals surface area contributed by atoms with Gasteiger partial charge in [-0.15, -0.1) is 0 Å². The van der Waals surface area contributed by atoms with E-state index in [9.17, 15) is 0 Å². The van der Waals surface area contributed by atoms with Crippen LogP contribution >= 0.6 is 0 Å². The van der Waals surface area contributed by atoms with Crippen molar-refractivity contribution < 1.29 is 0 Å². The van der Waals surface area contributed by atoms with Gasteiger partial charge in [0.2, 0.25) is 0 Å². The maximum absolute atomic E-state index is 3.51. The second-order valence-corrected chi connectivity index (χ2v) is 7.63. The van der Waals surface area contributed by atoms with Crippen molar-refractivity contribution in [3.05, 3.63) is 140 Å². The molecule has 5 rings (SSSR count). The molecular weight excluding hydrogens is 388 g/mol. The van der Waals surface area contributed by atoms with Crippen LogP contribution in [0.1, 0.15) is 0 Å². The zero-order chi connectivity index (χ0) is 21.6. The lowest BCUT2D eigenvalue weighted by molar-refractivity contribution is 1.28. The molecule has 0 unspecified atom stereocenters. The van der Waals surface area contributed by atoms with E-state index >= 15 is 0 Å². The second kappa shape index (κ2) is 9.23. The van der Waals surface area contributed by atoms with Gasteiger partial charge in [0.05, 0.1) is 0 Å². The van der Waals surface area contributed by atoms with Crippen LogP contribution in [0.15, 0.2) is 140 Å². The van der Waals surface area contributed by atoms with E-state index in [1.807, 2.05) is 30.3 Å². The van der Waals surface area contributed by atoms with Crippen LogP contribution in [0, 0.1) is 0 Å². The molecule has 0 spiro atoms. The van der Waals surface area contributed by atoms with Crippen LogP contribution in [-0.2, 0) is 0 Å². The Morgan fingerprint density at radius 3 is 1.56 bits per heavy atom. The molecule has 5 aromatic carbocycles. The Kier molecular flexibility index (Phi) is 5.67. The van der Waals surface area contributed by atoms with Crippen molar-refractivity contribution in [2.24, 2.45) is 0 Å². The summed E-state index contributed by atoms with van der Waals surface area (Å²) >= 11 is 0. The zero-order valence-electron chi connectivity index (χ0n) is 17.7. The molecule has 0 bridgehead atoms. The first kappa shape index (κ1) is 19.7. The molecular formula is C30H24N2. The smallest absolute Gasteiger partial charge is 0.0482 e. The molecule has 0 aromatic heterocycles. The van der Waals surface area contributed by atoms with Crippen LogP contribution < -0.4 is 10.2 Å². The van der Waals surface area contributed by atoms with Crippen LogP contribution in [0.2, 0.25) is 0 Å². The predicted molar refractivity (Wildman–Crippen MR) is 136 cm³/mol. The quantitative estimate of drug-likeness (QED) is 0.300. The standard InChI is InChI=1S/C30H24N2/c1-4-11-24(12-5-1)25-19-21-29(22-20-25)32(28-16-8-3-9-17-28)30-18-10-15-27(23-30)31-26-13-6-2-7-14-26/h1-23,31H. The number of rotatable bonds is 6. The van der Waals surface area contributed by atoms with E-state index in [1.54, 1.807) is 0 Å². The summed E-state index contributed by atoms with van der Waals surface area (Å²) in [5.74, 6) is 0. The lowest BCUT2D eigenvalue weighted by atomic mass is 10.0. The third kappa shape index (κ3) is 4.40. The van der Waals surface area contributed by atoms with Gasteiger partial charge in [-0.3, -0.25) is 0 Å². The van der Waals surface area contributed by atoms with Gasteiger partial charge in [0.1, 0.15) is 0 Å². The lowest BCUT2D eigenvalue weighted by Gasteiger charge is -2.26. The van der Waals surface area contributed by atoms with Gasteiger partial charge in [-0.05, 0) is 65.7 Å². The summed E-state index contributed by atoms with van der Waals surface area (Å²) in [6.07, 6.45) is 0. The Bertz CT molecular complexity index is 1270. The highest BCUT2D eigenvalue weighted by molar-refractivity contribution is 5.80. The Morgan fingerprint density at radius 2 is 0.875 bits per heavy atom. The van der Waals surface area contributed by atoms with Crippen molar-refractivity contribution in [2.75, 3.05) is 10.2 Å². The monoisotopic (exact) mass is 412 g/mol. The largest absolute Gasteiger partial charge is 0.355 e. The number of hydrogen-bond acceptors (Lipinski definition) is 2. The van der Waals surface area contributed by atoms with Gasteiger partial charge in [0.25, 0.3) is 0 Å². The average molecular weight is 413 g/mol. The molecule has 1 N–H and O–H groups in total. The molecule has 0 radical (unpaired) electrons. The molecule has 5 aromatic rings. The maximum atomic E-state index is 3.51. The van der Waals surface area contributed by atoms with Crippen molar-refractivity contribution in [1.29, 1.82) is 0 Å². The number of para-hydroxylation sites is 2. The highest BCUT2D eigenvalue weighted by Crippen LogP contribution is 2.36. The molecule has 0 fully saturated rings. The summed E-state index contributed by atoms with van der Waals surface area (Å²) in [6, 6.07) is 48.5. The molecule has 0 saturated carbocycles. The van der Waals surface area contributed by atoms with E-state index in [0.29, 0.717) is 0 Å². The highest BCUT2D eigenvalue weighted by atomic mass is 15.1. The van der Waals surface area contributed by atoms with Gasteiger partial charge in [-0.2, -0.15) is 0 Å². The minimum absolute atomic E-state index is 1.05. The minimum Gasteiger partial charge on any atom is -0.355 e. The average Bonchev–Trinajstić information content (AvgIpc) is 2.87. The fraction of sp³-hybridized carbons (Fsp3) is 0. The number of nitrogens with one attached hydrogen (secondary N) is 1. The summed E-state index contributed by atoms with van der Waals surface area (Å²) in [5, 5.41) is 3.51. The predicted octanol–water partition coefficient (Wildman–Crippen LogP) is 8.57. The van der Waals surface area contributed by atoms with Gasteiger partial charge in [0.15, 0.2) is 0 Å². The third-order valence-corrected chi connectivity index (χ3v) is 5.41. The minimum atomic E-state index is 1.05. The Morgan fingerprint density at radius 1 is 0.375 bits per heavy atom. The molecule has 0 heterocycles. The summed E-state index contributed by atoms with van der Waals surface area (Å²) < 4.78 is 0. The molecule has 0 aliphatic carbocycles. The Hall–Kier alpha value is -4.30. The van der Waals surface area contributed by atoms with E-state index in [4.69, 9.17) is 0 Å². The van der Waals surface area contributed by atoms with Crippen molar-refractivity contribution in [1.82, 2.24) is 0 Å². The van der Waals surface area contributed by atoms with Crippen LogP contribution in [0.25, 0.3) is 11.1 Å². The summed E-state index contributed by atoms with van der Waals surface area (Å²) in [6.45, 7) is 0. The Labute approximate surface area is 189 Å². The summed E-state index contributed by atoms with van der Waals surface area (Å²) in [4.78, 5) is 2.28. The van der Waals surface area contributed by atoms with Crippen molar-refractivity contribution in [3.8, 4) is 11.1 Å². The van der Waals surface area contributed by atoms with Crippen LogP contribution in [0.4, 0.5) is 28.4 Å². The first-order chi connectivity index (χ1) is 15.9. The number of benzene rings is 5. The van der Waals surface area contributed by atoms with E-state index in [1.165, 1.54) is 11.1 Å². The normalized spacial score (nSPS) is 10.5. The fourth-order valence-electron chi connectivity index (χ4n) is 3.87. The number of hydrogen-bond donors (Lipinski definition) is 1. The molecule has 0 aliphatic rings. The van der Waals surface area contributed by atoms with E-state index in [2.05, 4.69) is 119 Å². The lowest BCUT2D eigenvalue weighted by Crippen LogP contribution is -2.10. The Balaban J connectivity index is 1.52. The first-order valence-corrected chi connectivity index (χ1v) is 10.8. The third-order valence-electron chi connectivity index (χ3n) is 5.41. The second-order valence-electron chi connectivity index (χ2n) is 7.63. The van der Waals surface area contributed by atoms with Gasteiger partial charge in [-0.25, -0.2) is 0 Å². The van der Waals surface area contributed by atoms with Crippen LogP contribution in [0.3, 0.4) is 0 Å². The molecule has 154 valence electrons. The molecule has 2 heteroatoms. The topological polar surface area (TPSA) is 15.3 Å².